The molecular weight excluding hydrogens is 319 g/mol. The van der Waals surface area contributed by atoms with Crippen molar-refractivity contribution in [1.82, 2.24) is 19.9 Å². The average molecular weight is 340 g/mol. The fraction of sp³-hybridized carbons (Fsp3) is 0.316. The van der Waals surface area contributed by atoms with Crippen molar-refractivity contribution >= 4 is 17.1 Å². The van der Waals surface area contributed by atoms with Gasteiger partial charge in [0.05, 0.1) is 0 Å². The lowest BCUT2D eigenvalue weighted by Crippen LogP contribution is -2.26. The van der Waals surface area contributed by atoms with Gasteiger partial charge in [-0.25, -0.2) is 14.4 Å². The molecule has 0 aliphatic heterocycles. The number of aromatic nitrogens is 3. The molecule has 0 atom stereocenters. The summed E-state index contributed by atoms with van der Waals surface area (Å²) < 4.78 is 15.7. The van der Waals surface area contributed by atoms with Crippen LogP contribution < -0.4 is 5.32 Å². The zero-order chi connectivity index (χ0) is 18.0. The van der Waals surface area contributed by atoms with Crippen molar-refractivity contribution in [3.63, 3.8) is 0 Å². The molecule has 0 fully saturated rings. The van der Waals surface area contributed by atoms with Crippen LogP contribution in [-0.4, -0.2) is 27.0 Å². The van der Waals surface area contributed by atoms with Crippen molar-refractivity contribution in [2.24, 2.45) is 0 Å². The van der Waals surface area contributed by atoms with Crippen LogP contribution in [0.25, 0.3) is 11.2 Å². The number of amides is 1. The van der Waals surface area contributed by atoms with Crippen LogP contribution in [0, 0.1) is 12.7 Å². The van der Waals surface area contributed by atoms with E-state index in [2.05, 4.69) is 33.7 Å². The first-order chi connectivity index (χ1) is 12.0. The molecule has 0 saturated carbocycles. The minimum atomic E-state index is -0.375. The van der Waals surface area contributed by atoms with Crippen LogP contribution in [0.3, 0.4) is 0 Å². The summed E-state index contributed by atoms with van der Waals surface area (Å²) >= 11 is 0. The number of carbonyl (C=O) groups excluding carboxylic acids is 1. The van der Waals surface area contributed by atoms with Crippen molar-refractivity contribution in [3.05, 3.63) is 59.3 Å². The Bertz CT molecular complexity index is 917. The molecule has 0 unspecified atom stereocenters. The Morgan fingerprint density at radius 3 is 2.84 bits per heavy atom. The summed E-state index contributed by atoms with van der Waals surface area (Å²) in [6.45, 7) is 6.24. The van der Waals surface area contributed by atoms with Gasteiger partial charge in [-0.05, 0) is 50.6 Å². The molecule has 1 N–H and O–H groups in total. The number of rotatable bonds is 5. The van der Waals surface area contributed by atoms with Crippen LogP contribution in [0.4, 0.5) is 4.39 Å². The summed E-state index contributed by atoms with van der Waals surface area (Å²) in [5, 5.41) is 2.83. The van der Waals surface area contributed by atoms with Gasteiger partial charge in [0, 0.05) is 30.8 Å². The number of nitrogens with one attached hydrogen (secondary N) is 1. The predicted octanol–water partition coefficient (Wildman–Crippen LogP) is 3.43. The van der Waals surface area contributed by atoms with Crippen LogP contribution in [0.15, 0.2) is 36.5 Å². The molecule has 1 aromatic carbocycles. The molecular formula is C19H21FN4O. The van der Waals surface area contributed by atoms with E-state index in [9.17, 15) is 9.18 Å². The van der Waals surface area contributed by atoms with E-state index >= 15 is 0 Å². The molecule has 1 amide bonds. The number of hydrogen-bond donors (Lipinski definition) is 1. The number of carbonyl (C=O) groups is 1. The van der Waals surface area contributed by atoms with Gasteiger partial charge in [-0.3, -0.25) is 4.79 Å². The standard InChI is InChI=1S/C19H21FN4O/c1-12(2)24-17(23-16-5-4-9-21-18(16)24)8-10-22-19(25)14-7-6-13(3)15(20)11-14/h4-7,9,11-12H,8,10H2,1-3H3,(H,22,25). The lowest BCUT2D eigenvalue weighted by molar-refractivity contribution is 0.0953. The first kappa shape index (κ1) is 17.1. The molecule has 0 aliphatic carbocycles. The van der Waals surface area contributed by atoms with Gasteiger partial charge >= 0.3 is 0 Å². The summed E-state index contributed by atoms with van der Waals surface area (Å²) in [4.78, 5) is 21.2. The molecule has 3 rings (SSSR count). The minimum Gasteiger partial charge on any atom is -0.352 e. The number of benzene rings is 1. The summed E-state index contributed by atoms with van der Waals surface area (Å²) in [6.07, 6.45) is 2.33. The Hall–Kier alpha value is -2.76. The predicted molar refractivity (Wildman–Crippen MR) is 95.1 cm³/mol. The maximum absolute atomic E-state index is 13.6. The second-order valence-electron chi connectivity index (χ2n) is 6.31. The van der Waals surface area contributed by atoms with E-state index in [0.717, 1.165) is 17.0 Å². The molecule has 0 bridgehead atoms. The molecule has 5 nitrogen and oxygen atoms in total. The highest BCUT2D eigenvalue weighted by atomic mass is 19.1. The zero-order valence-corrected chi connectivity index (χ0v) is 14.6. The molecule has 0 spiro atoms. The largest absolute Gasteiger partial charge is 0.352 e. The third-order valence-corrected chi connectivity index (χ3v) is 4.11. The third kappa shape index (κ3) is 3.52. The molecule has 25 heavy (non-hydrogen) atoms. The van der Waals surface area contributed by atoms with Crippen LogP contribution in [0.5, 0.6) is 0 Å². The Kier molecular flexibility index (Phi) is 4.79. The summed E-state index contributed by atoms with van der Waals surface area (Å²) in [7, 11) is 0. The van der Waals surface area contributed by atoms with Gasteiger partial charge in [-0.1, -0.05) is 6.07 Å². The van der Waals surface area contributed by atoms with Gasteiger partial charge in [-0.2, -0.15) is 0 Å². The Balaban J connectivity index is 1.71. The lowest BCUT2D eigenvalue weighted by atomic mass is 10.1. The first-order valence-electron chi connectivity index (χ1n) is 8.33. The van der Waals surface area contributed by atoms with Gasteiger partial charge in [0.15, 0.2) is 5.65 Å². The maximum Gasteiger partial charge on any atom is 0.251 e. The van der Waals surface area contributed by atoms with E-state index in [1.54, 1.807) is 25.3 Å². The van der Waals surface area contributed by atoms with Gasteiger partial charge < -0.3 is 9.88 Å². The molecule has 0 saturated heterocycles. The number of nitrogens with zero attached hydrogens (tertiary/aromatic N) is 3. The van der Waals surface area contributed by atoms with Gasteiger partial charge in [-0.15, -0.1) is 0 Å². The van der Waals surface area contributed by atoms with Crippen molar-refractivity contribution in [2.45, 2.75) is 33.2 Å². The second kappa shape index (κ2) is 7.01. The van der Waals surface area contributed by atoms with Crippen molar-refractivity contribution in [1.29, 1.82) is 0 Å². The fourth-order valence-electron chi connectivity index (χ4n) is 2.82. The third-order valence-electron chi connectivity index (χ3n) is 4.11. The van der Waals surface area contributed by atoms with Crippen molar-refractivity contribution in [3.8, 4) is 0 Å². The molecule has 6 heteroatoms. The van der Waals surface area contributed by atoms with E-state index in [1.165, 1.54) is 6.07 Å². The van der Waals surface area contributed by atoms with Crippen LogP contribution in [-0.2, 0) is 6.42 Å². The van der Waals surface area contributed by atoms with E-state index in [1.807, 2.05) is 12.1 Å². The van der Waals surface area contributed by atoms with E-state index in [-0.39, 0.29) is 17.8 Å². The van der Waals surface area contributed by atoms with Gasteiger partial charge in [0.1, 0.15) is 17.2 Å². The van der Waals surface area contributed by atoms with Crippen LogP contribution >= 0.6 is 0 Å². The Labute approximate surface area is 145 Å². The first-order valence-corrected chi connectivity index (χ1v) is 8.33. The number of aryl methyl sites for hydroxylation is 1. The Morgan fingerprint density at radius 1 is 1.32 bits per heavy atom. The molecule has 0 radical (unpaired) electrons. The van der Waals surface area contributed by atoms with Crippen molar-refractivity contribution in [2.75, 3.05) is 6.54 Å². The molecule has 0 aliphatic rings. The summed E-state index contributed by atoms with van der Waals surface area (Å²) in [5.41, 5.74) is 2.54. The lowest BCUT2D eigenvalue weighted by Gasteiger charge is -2.12. The Morgan fingerprint density at radius 2 is 2.12 bits per heavy atom. The topological polar surface area (TPSA) is 59.8 Å². The number of fused-ring (bicyclic) bond motifs is 1. The summed E-state index contributed by atoms with van der Waals surface area (Å²) in [5.74, 6) is 0.212. The number of hydrogen-bond acceptors (Lipinski definition) is 3. The highest BCUT2D eigenvalue weighted by molar-refractivity contribution is 5.94. The smallest absolute Gasteiger partial charge is 0.251 e. The number of halogens is 1. The highest BCUT2D eigenvalue weighted by Crippen LogP contribution is 2.19. The SMILES string of the molecule is Cc1ccc(C(=O)NCCc2nc3cccnc3n2C(C)C)cc1F. The van der Waals surface area contributed by atoms with E-state index in [4.69, 9.17) is 0 Å². The monoisotopic (exact) mass is 340 g/mol. The van der Waals surface area contributed by atoms with Crippen LogP contribution in [0.2, 0.25) is 0 Å². The minimum absolute atomic E-state index is 0.219. The maximum atomic E-state index is 13.6. The second-order valence-corrected chi connectivity index (χ2v) is 6.31. The molecule has 2 heterocycles. The normalized spacial score (nSPS) is 11.2. The quantitative estimate of drug-likeness (QED) is 0.774. The van der Waals surface area contributed by atoms with Gasteiger partial charge in [0.25, 0.3) is 5.91 Å². The zero-order valence-electron chi connectivity index (χ0n) is 14.6. The highest BCUT2D eigenvalue weighted by Gasteiger charge is 2.14. The number of pyridine rings is 1. The molecule has 130 valence electrons. The van der Waals surface area contributed by atoms with Crippen molar-refractivity contribution < 1.29 is 9.18 Å². The number of imidazole rings is 1. The van der Waals surface area contributed by atoms with Crippen LogP contribution in [0.1, 0.15) is 41.6 Å². The van der Waals surface area contributed by atoms with Gasteiger partial charge in [0.2, 0.25) is 0 Å². The van der Waals surface area contributed by atoms with E-state index < -0.39 is 0 Å². The summed E-state index contributed by atoms with van der Waals surface area (Å²) in [6, 6.07) is 8.50. The van der Waals surface area contributed by atoms with E-state index in [0.29, 0.717) is 24.1 Å². The average Bonchev–Trinajstić information content (AvgIpc) is 2.95. The molecule has 2 aromatic heterocycles. The fourth-order valence-corrected chi connectivity index (χ4v) is 2.82. The molecule has 3 aromatic rings.